The van der Waals surface area contributed by atoms with Crippen molar-refractivity contribution in [3.63, 3.8) is 0 Å². The summed E-state index contributed by atoms with van der Waals surface area (Å²) in [6, 6.07) is 13.9. The van der Waals surface area contributed by atoms with E-state index in [1.165, 1.54) is 0 Å². The molecule has 2 aromatic carbocycles. The Morgan fingerprint density at radius 2 is 1.68 bits per heavy atom. The monoisotopic (exact) mass is 406 g/mol. The van der Waals surface area contributed by atoms with E-state index in [9.17, 15) is 9.59 Å². The third-order valence-electron chi connectivity index (χ3n) is 3.23. The van der Waals surface area contributed by atoms with Gasteiger partial charge >= 0.3 is 0 Å². The van der Waals surface area contributed by atoms with E-state index in [-0.39, 0.29) is 0 Å². The maximum Gasteiger partial charge on any atom is 0.279 e. The third-order valence-corrected chi connectivity index (χ3v) is 3.93. The topological polar surface area (TPSA) is 76.7 Å². The number of hydrogen-bond donors (Lipinski definition) is 2. The van der Waals surface area contributed by atoms with Gasteiger partial charge in [-0.3, -0.25) is 20.4 Å². The molecule has 7 heteroatoms. The fraction of sp³-hybridized carbons (Fsp3) is 0.222. The molecule has 2 aromatic rings. The van der Waals surface area contributed by atoms with Gasteiger partial charge in [-0.25, -0.2) is 0 Å². The molecule has 2 N–H and O–H groups in total. The van der Waals surface area contributed by atoms with Gasteiger partial charge in [-0.2, -0.15) is 0 Å². The molecule has 0 bridgehead atoms. The number of rotatable bonds is 6. The second-order valence-corrected chi connectivity index (χ2v) is 5.94. The van der Waals surface area contributed by atoms with Crippen molar-refractivity contribution < 1.29 is 19.1 Å². The van der Waals surface area contributed by atoms with Gasteiger partial charge in [-0.1, -0.05) is 12.1 Å². The van der Waals surface area contributed by atoms with Crippen LogP contribution in [0.25, 0.3) is 0 Å². The first-order chi connectivity index (χ1) is 12.0. The molecule has 0 aliphatic heterocycles. The molecular formula is C18H19BrN2O4. The molecule has 0 fully saturated rings. The van der Waals surface area contributed by atoms with Crippen LogP contribution < -0.4 is 20.3 Å². The predicted octanol–water partition coefficient (Wildman–Crippen LogP) is 3.08. The molecule has 6 nitrogen and oxygen atoms in total. The molecule has 2 rings (SSSR count). The van der Waals surface area contributed by atoms with E-state index in [0.29, 0.717) is 22.4 Å². The number of hydrogen-bond acceptors (Lipinski definition) is 4. The van der Waals surface area contributed by atoms with Gasteiger partial charge in [0.25, 0.3) is 11.8 Å². The molecule has 0 saturated carbocycles. The molecular weight excluding hydrogens is 388 g/mol. The molecule has 25 heavy (non-hydrogen) atoms. The van der Waals surface area contributed by atoms with Crippen molar-refractivity contribution in [1.29, 1.82) is 0 Å². The standard InChI is InChI=1S/C18H19BrN2O4/c1-3-24-13-8-10-14(11-9-13)25-12(2)17(22)20-21-18(23)15-6-4-5-7-16(15)19/h4-12H,3H2,1-2H3,(H,20,22)(H,21,23). The zero-order valence-electron chi connectivity index (χ0n) is 13.9. The summed E-state index contributed by atoms with van der Waals surface area (Å²) in [5.41, 5.74) is 5.13. The summed E-state index contributed by atoms with van der Waals surface area (Å²) in [6.45, 7) is 4.08. The summed E-state index contributed by atoms with van der Waals surface area (Å²) in [5.74, 6) is 0.374. The van der Waals surface area contributed by atoms with Crippen molar-refractivity contribution in [2.45, 2.75) is 20.0 Å². The zero-order valence-corrected chi connectivity index (χ0v) is 15.5. The van der Waals surface area contributed by atoms with Crippen molar-refractivity contribution in [2.24, 2.45) is 0 Å². The molecule has 0 heterocycles. The highest BCUT2D eigenvalue weighted by Gasteiger charge is 2.16. The fourth-order valence-corrected chi connectivity index (χ4v) is 2.44. The number of halogens is 1. The van der Waals surface area contributed by atoms with Gasteiger partial charge < -0.3 is 9.47 Å². The molecule has 1 unspecified atom stereocenters. The first-order valence-electron chi connectivity index (χ1n) is 7.75. The van der Waals surface area contributed by atoms with Crippen LogP contribution in [0.3, 0.4) is 0 Å². The van der Waals surface area contributed by atoms with E-state index in [0.717, 1.165) is 5.75 Å². The Labute approximate surface area is 154 Å². The second-order valence-electron chi connectivity index (χ2n) is 5.09. The molecule has 132 valence electrons. The molecule has 0 aliphatic carbocycles. The van der Waals surface area contributed by atoms with Gasteiger partial charge in [0, 0.05) is 4.47 Å². The van der Waals surface area contributed by atoms with E-state index < -0.39 is 17.9 Å². The molecule has 0 aromatic heterocycles. The minimum atomic E-state index is -0.780. The van der Waals surface area contributed by atoms with Gasteiger partial charge in [-0.15, -0.1) is 0 Å². The third kappa shape index (κ3) is 5.49. The minimum Gasteiger partial charge on any atom is -0.494 e. The summed E-state index contributed by atoms with van der Waals surface area (Å²) < 4.78 is 11.5. The van der Waals surface area contributed by atoms with Crippen LogP contribution in [0.4, 0.5) is 0 Å². The lowest BCUT2D eigenvalue weighted by Gasteiger charge is -2.15. The van der Waals surface area contributed by atoms with Gasteiger partial charge in [0.1, 0.15) is 11.5 Å². The number of amides is 2. The Balaban J connectivity index is 1.85. The first kappa shape index (κ1) is 18.8. The maximum absolute atomic E-state index is 12.1. The van der Waals surface area contributed by atoms with Crippen LogP contribution in [0.2, 0.25) is 0 Å². The number of carbonyl (C=O) groups is 2. The minimum absolute atomic E-state index is 0.419. The van der Waals surface area contributed by atoms with Crippen molar-refractivity contribution in [3.05, 3.63) is 58.6 Å². The predicted molar refractivity (Wildman–Crippen MR) is 97.5 cm³/mol. The highest BCUT2D eigenvalue weighted by atomic mass is 79.9. The Hall–Kier alpha value is -2.54. The van der Waals surface area contributed by atoms with Gasteiger partial charge in [0.05, 0.1) is 12.2 Å². The smallest absolute Gasteiger partial charge is 0.279 e. The lowest BCUT2D eigenvalue weighted by atomic mass is 10.2. The van der Waals surface area contributed by atoms with E-state index in [1.807, 2.05) is 6.92 Å². The van der Waals surface area contributed by atoms with Crippen LogP contribution in [0.5, 0.6) is 11.5 Å². The quantitative estimate of drug-likeness (QED) is 0.722. The van der Waals surface area contributed by atoms with Crippen molar-refractivity contribution in [3.8, 4) is 11.5 Å². The van der Waals surface area contributed by atoms with E-state index in [4.69, 9.17) is 9.47 Å². The number of carbonyl (C=O) groups excluding carboxylic acids is 2. The molecule has 0 saturated heterocycles. The van der Waals surface area contributed by atoms with Gasteiger partial charge in [0.2, 0.25) is 0 Å². The Kier molecular flexibility index (Phi) is 6.82. The second kappa shape index (κ2) is 9.08. The SMILES string of the molecule is CCOc1ccc(OC(C)C(=O)NNC(=O)c2ccccc2Br)cc1. The van der Waals surface area contributed by atoms with Gasteiger partial charge in [-0.05, 0) is 66.2 Å². The average Bonchev–Trinajstić information content (AvgIpc) is 2.61. The molecule has 0 radical (unpaired) electrons. The fourth-order valence-electron chi connectivity index (χ4n) is 1.97. The van der Waals surface area contributed by atoms with Crippen LogP contribution in [-0.4, -0.2) is 24.5 Å². The van der Waals surface area contributed by atoms with Crippen LogP contribution >= 0.6 is 15.9 Å². The van der Waals surface area contributed by atoms with Crippen molar-refractivity contribution in [2.75, 3.05) is 6.61 Å². The molecule has 1 atom stereocenters. The summed E-state index contributed by atoms with van der Waals surface area (Å²) in [6.07, 6.45) is -0.780. The van der Waals surface area contributed by atoms with Crippen molar-refractivity contribution >= 4 is 27.7 Å². The largest absolute Gasteiger partial charge is 0.494 e. The number of hydrazine groups is 1. The van der Waals surface area contributed by atoms with E-state index >= 15 is 0 Å². The first-order valence-corrected chi connectivity index (χ1v) is 8.54. The highest BCUT2D eigenvalue weighted by molar-refractivity contribution is 9.10. The number of benzene rings is 2. The highest BCUT2D eigenvalue weighted by Crippen LogP contribution is 2.18. The summed E-state index contributed by atoms with van der Waals surface area (Å²) in [4.78, 5) is 24.1. The van der Waals surface area contributed by atoms with Crippen LogP contribution in [0.1, 0.15) is 24.2 Å². The Bertz CT molecular complexity index is 734. The average molecular weight is 407 g/mol. The van der Waals surface area contributed by atoms with Crippen LogP contribution in [0.15, 0.2) is 53.0 Å². The Morgan fingerprint density at radius 1 is 1.04 bits per heavy atom. The van der Waals surface area contributed by atoms with E-state index in [2.05, 4.69) is 26.8 Å². The lowest BCUT2D eigenvalue weighted by molar-refractivity contribution is -0.128. The number of nitrogens with one attached hydrogen (secondary N) is 2. The number of ether oxygens (including phenoxy) is 2. The summed E-state index contributed by atoms with van der Waals surface area (Å²) in [7, 11) is 0. The normalized spacial score (nSPS) is 11.3. The Morgan fingerprint density at radius 3 is 2.32 bits per heavy atom. The molecule has 2 amide bonds. The maximum atomic E-state index is 12.1. The van der Waals surface area contributed by atoms with Crippen LogP contribution in [0, 0.1) is 0 Å². The molecule has 0 spiro atoms. The summed E-state index contributed by atoms with van der Waals surface area (Å²) >= 11 is 3.29. The van der Waals surface area contributed by atoms with Crippen molar-refractivity contribution in [1.82, 2.24) is 10.9 Å². The zero-order chi connectivity index (χ0) is 18.2. The van der Waals surface area contributed by atoms with E-state index in [1.54, 1.807) is 55.5 Å². The van der Waals surface area contributed by atoms with Gasteiger partial charge in [0.15, 0.2) is 6.10 Å². The van der Waals surface area contributed by atoms with Crippen LogP contribution in [-0.2, 0) is 4.79 Å². The lowest BCUT2D eigenvalue weighted by Crippen LogP contribution is -2.47. The molecule has 0 aliphatic rings. The summed E-state index contributed by atoms with van der Waals surface area (Å²) in [5, 5.41) is 0.